The number of allylic oxidation sites excluding steroid dienone is 1. The summed E-state index contributed by atoms with van der Waals surface area (Å²) in [6.45, 7) is 10.8. The maximum atomic E-state index is 12.9. The zero-order valence-corrected chi connectivity index (χ0v) is 17.1. The monoisotopic (exact) mass is 368 g/mol. The maximum Gasteiger partial charge on any atom is 0.308 e. The molecule has 2 N–H and O–H groups in total. The fourth-order valence-corrected chi connectivity index (χ4v) is 3.48. The molecular weight excluding hydrogens is 332 g/mol. The number of Topliss-reactive ketones (excluding diaryl/α,β-unsaturated/α-hetero) is 1. The lowest BCUT2D eigenvalue weighted by atomic mass is 9.73. The molecule has 1 rings (SSSR count). The van der Waals surface area contributed by atoms with E-state index in [0.717, 1.165) is 19.3 Å². The van der Waals surface area contributed by atoms with E-state index in [9.17, 15) is 19.8 Å². The Morgan fingerprint density at radius 1 is 1.15 bits per heavy atom. The van der Waals surface area contributed by atoms with E-state index in [1.807, 2.05) is 13.8 Å². The van der Waals surface area contributed by atoms with E-state index in [1.54, 1.807) is 20.8 Å². The molecule has 0 aromatic rings. The molecule has 0 saturated carbocycles. The lowest BCUT2D eigenvalue weighted by molar-refractivity contribution is -0.154. The van der Waals surface area contributed by atoms with Crippen LogP contribution in [0.5, 0.6) is 0 Å². The second kappa shape index (κ2) is 9.65. The number of cyclic esters (lactones) is 1. The highest BCUT2D eigenvalue weighted by atomic mass is 16.5. The SMILES string of the molecule is C/C1=C/CC(C)OC(=O)CC(O)C(C)(C)C(=O)C(C)C(O)C(C)CCC1. The maximum absolute atomic E-state index is 12.9. The van der Waals surface area contributed by atoms with Gasteiger partial charge in [0.15, 0.2) is 0 Å². The number of aliphatic hydroxyl groups is 2. The Labute approximate surface area is 157 Å². The van der Waals surface area contributed by atoms with E-state index in [-0.39, 0.29) is 24.2 Å². The van der Waals surface area contributed by atoms with Crippen molar-refractivity contribution in [2.45, 2.75) is 92.0 Å². The van der Waals surface area contributed by atoms with Gasteiger partial charge in [0.2, 0.25) is 0 Å². The lowest BCUT2D eigenvalue weighted by Crippen LogP contribution is -2.45. The molecule has 1 aliphatic rings. The molecule has 26 heavy (non-hydrogen) atoms. The normalized spacial score (nSPS) is 37.5. The van der Waals surface area contributed by atoms with Gasteiger partial charge in [0.05, 0.1) is 24.0 Å². The van der Waals surface area contributed by atoms with Crippen LogP contribution in [0.3, 0.4) is 0 Å². The Morgan fingerprint density at radius 2 is 1.77 bits per heavy atom. The fraction of sp³-hybridized carbons (Fsp3) is 0.810. The number of ketones is 1. The van der Waals surface area contributed by atoms with Crippen molar-refractivity contribution in [3.63, 3.8) is 0 Å². The summed E-state index contributed by atoms with van der Waals surface area (Å²) < 4.78 is 5.36. The van der Waals surface area contributed by atoms with Gasteiger partial charge in [-0.15, -0.1) is 0 Å². The Hall–Kier alpha value is -1.20. The third kappa shape index (κ3) is 6.20. The Morgan fingerprint density at radius 3 is 2.38 bits per heavy atom. The number of aliphatic hydroxyl groups excluding tert-OH is 2. The zero-order chi connectivity index (χ0) is 20.1. The molecule has 1 aliphatic heterocycles. The van der Waals surface area contributed by atoms with Gasteiger partial charge < -0.3 is 14.9 Å². The van der Waals surface area contributed by atoms with Crippen LogP contribution >= 0.6 is 0 Å². The zero-order valence-electron chi connectivity index (χ0n) is 17.1. The number of hydrogen-bond donors (Lipinski definition) is 2. The van der Waals surface area contributed by atoms with Crippen LogP contribution in [0.2, 0.25) is 0 Å². The van der Waals surface area contributed by atoms with Crippen molar-refractivity contribution in [1.29, 1.82) is 0 Å². The Bertz CT molecular complexity index is 522. The minimum absolute atomic E-state index is 0.00788. The summed E-state index contributed by atoms with van der Waals surface area (Å²) in [6.07, 6.45) is 2.98. The van der Waals surface area contributed by atoms with E-state index in [2.05, 4.69) is 13.0 Å². The molecule has 0 radical (unpaired) electrons. The third-order valence-corrected chi connectivity index (χ3v) is 5.70. The van der Waals surface area contributed by atoms with Gasteiger partial charge in [-0.2, -0.15) is 0 Å². The number of hydrogen-bond acceptors (Lipinski definition) is 5. The van der Waals surface area contributed by atoms with Crippen LogP contribution in [0.1, 0.15) is 73.6 Å². The first-order chi connectivity index (χ1) is 12.0. The summed E-state index contributed by atoms with van der Waals surface area (Å²) in [7, 11) is 0. The first kappa shape index (κ1) is 22.8. The van der Waals surface area contributed by atoms with Crippen molar-refractivity contribution in [2.24, 2.45) is 17.3 Å². The summed E-state index contributed by atoms with van der Waals surface area (Å²) in [4.78, 5) is 25.0. The summed E-state index contributed by atoms with van der Waals surface area (Å²) in [6, 6.07) is 0. The third-order valence-electron chi connectivity index (χ3n) is 5.70. The highest BCUT2D eigenvalue weighted by Crippen LogP contribution is 2.32. The van der Waals surface area contributed by atoms with Crippen LogP contribution in [0.25, 0.3) is 0 Å². The van der Waals surface area contributed by atoms with Gasteiger partial charge in [-0.25, -0.2) is 0 Å². The van der Waals surface area contributed by atoms with Gasteiger partial charge in [-0.3, -0.25) is 9.59 Å². The van der Waals surface area contributed by atoms with Gasteiger partial charge in [0, 0.05) is 12.3 Å². The van der Waals surface area contributed by atoms with E-state index in [1.165, 1.54) is 5.57 Å². The number of esters is 1. The second-order valence-electron chi connectivity index (χ2n) is 8.54. The average molecular weight is 369 g/mol. The molecule has 0 spiro atoms. The molecule has 5 unspecified atom stereocenters. The molecule has 0 amide bonds. The van der Waals surface area contributed by atoms with Crippen LogP contribution in [-0.2, 0) is 14.3 Å². The fourth-order valence-electron chi connectivity index (χ4n) is 3.48. The average Bonchev–Trinajstić information content (AvgIpc) is 2.56. The Balaban J connectivity index is 3.03. The van der Waals surface area contributed by atoms with Crippen LogP contribution in [0, 0.1) is 17.3 Å². The van der Waals surface area contributed by atoms with E-state index >= 15 is 0 Å². The van der Waals surface area contributed by atoms with Crippen molar-refractivity contribution in [3.05, 3.63) is 11.6 Å². The van der Waals surface area contributed by atoms with Gasteiger partial charge in [-0.05, 0) is 39.0 Å². The van der Waals surface area contributed by atoms with E-state index in [0.29, 0.717) is 6.42 Å². The molecule has 5 atom stereocenters. The first-order valence-corrected chi connectivity index (χ1v) is 9.72. The van der Waals surface area contributed by atoms with Crippen LogP contribution < -0.4 is 0 Å². The predicted octanol–water partition coefficient (Wildman–Crippen LogP) is 3.42. The molecule has 0 aromatic heterocycles. The predicted molar refractivity (Wildman–Crippen MR) is 102 cm³/mol. The van der Waals surface area contributed by atoms with Gasteiger partial charge >= 0.3 is 5.97 Å². The van der Waals surface area contributed by atoms with Crippen LogP contribution in [0.15, 0.2) is 11.6 Å². The van der Waals surface area contributed by atoms with E-state index in [4.69, 9.17) is 4.74 Å². The molecule has 1 heterocycles. The van der Waals surface area contributed by atoms with Crippen molar-refractivity contribution < 1.29 is 24.5 Å². The summed E-state index contributed by atoms with van der Waals surface area (Å²) in [5, 5.41) is 21.1. The minimum Gasteiger partial charge on any atom is -0.462 e. The molecule has 0 bridgehead atoms. The molecule has 0 fully saturated rings. The highest BCUT2D eigenvalue weighted by Gasteiger charge is 2.42. The summed E-state index contributed by atoms with van der Waals surface area (Å²) in [5.74, 6) is -1.35. The molecular formula is C21H36O5. The quantitative estimate of drug-likeness (QED) is 0.506. The largest absolute Gasteiger partial charge is 0.462 e. The highest BCUT2D eigenvalue weighted by molar-refractivity contribution is 5.87. The smallest absolute Gasteiger partial charge is 0.308 e. The van der Waals surface area contributed by atoms with Crippen molar-refractivity contribution in [3.8, 4) is 0 Å². The number of carbonyl (C=O) groups excluding carboxylic acids is 2. The molecule has 5 nitrogen and oxygen atoms in total. The molecule has 0 aromatic carbocycles. The Kier molecular flexibility index (Phi) is 8.48. The van der Waals surface area contributed by atoms with Crippen molar-refractivity contribution >= 4 is 11.8 Å². The van der Waals surface area contributed by atoms with E-state index < -0.39 is 29.5 Å². The van der Waals surface area contributed by atoms with Gasteiger partial charge in [0.1, 0.15) is 11.9 Å². The number of carbonyl (C=O) groups is 2. The topological polar surface area (TPSA) is 83.8 Å². The van der Waals surface area contributed by atoms with Gasteiger partial charge in [0.25, 0.3) is 0 Å². The number of ether oxygens (including phenoxy) is 1. The standard InChI is InChI=1S/C21H36O5/c1-13-8-7-9-14(2)19(24)16(4)20(25)21(5,6)17(22)12-18(23)26-15(3)11-10-13/h10,14-17,19,22,24H,7-9,11-12H2,1-6H3/b13-10-. The van der Waals surface area contributed by atoms with Crippen LogP contribution in [-0.4, -0.2) is 40.3 Å². The second-order valence-corrected chi connectivity index (χ2v) is 8.54. The van der Waals surface area contributed by atoms with Crippen molar-refractivity contribution in [1.82, 2.24) is 0 Å². The molecule has 5 heteroatoms. The minimum atomic E-state index is -1.15. The van der Waals surface area contributed by atoms with Gasteiger partial charge in [-0.1, -0.05) is 39.3 Å². The lowest BCUT2D eigenvalue weighted by Gasteiger charge is -2.34. The van der Waals surface area contributed by atoms with Crippen LogP contribution in [0.4, 0.5) is 0 Å². The molecule has 150 valence electrons. The summed E-state index contributed by atoms with van der Waals surface area (Å²) in [5.41, 5.74) is 0.0996. The summed E-state index contributed by atoms with van der Waals surface area (Å²) >= 11 is 0. The number of rotatable bonds is 0. The molecule has 0 aliphatic carbocycles. The first-order valence-electron chi connectivity index (χ1n) is 9.72. The molecule has 0 saturated heterocycles. The van der Waals surface area contributed by atoms with Crippen molar-refractivity contribution in [2.75, 3.05) is 0 Å².